The summed E-state index contributed by atoms with van der Waals surface area (Å²) in [6.07, 6.45) is 7.22. The minimum Gasteiger partial charge on any atom is -0.506 e. The molecular weight excluding hydrogens is 380 g/mol. The summed E-state index contributed by atoms with van der Waals surface area (Å²) in [5.74, 6) is 2.31. The van der Waals surface area contributed by atoms with E-state index in [9.17, 15) is 14.7 Å². The molecule has 4 aliphatic carbocycles. The minimum absolute atomic E-state index is 0.0809. The van der Waals surface area contributed by atoms with Crippen molar-refractivity contribution in [2.24, 2.45) is 17.8 Å². The highest BCUT2D eigenvalue weighted by Crippen LogP contribution is 2.55. The van der Waals surface area contributed by atoms with Crippen LogP contribution in [-0.2, 0) is 4.79 Å². The lowest BCUT2D eigenvalue weighted by atomic mass is 9.53. The van der Waals surface area contributed by atoms with Gasteiger partial charge in [-0.1, -0.05) is 12.1 Å². The third-order valence-electron chi connectivity index (χ3n) is 7.63. The molecular formula is C23H32N4O3. The van der Waals surface area contributed by atoms with Crippen molar-refractivity contribution in [2.45, 2.75) is 44.1 Å². The summed E-state index contributed by atoms with van der Waals surface area (Å²) in [5.41, 5.74) is 0.749. The van der Waals surface area contributed by atoms with Gasteiger partial charge in [0.2, 0.25) is 5.91 Å². The van der Waals surface area contributed by atoms with Crippen molar-refractivity contribution in [3.05, 3.63) is 24.3 Å². The first-order valence-corrected chi connectivity index (χ1v) is 11.4. The average molecular weight is 413 g/mol. The molecule has 1 saturated heterocycles. The number of para-hydroxylation sites is 2. The van der Waals surface area contributed by atoms with Gasteiger partial charge in [0.05, 0.1) is 12.2 Å². The van der Waals surface area contributed by atoms with Crippen molar-refractivity contribution in [3.63, 3.8) is 0 Å². The fourth-order valence-corrected chi connectivity index (χ4v) is 6.78. The molecule has 30 heavy (non-hydrogen) atoms. The Bertz CT molecular complexity index is 783. The fraction of sp³-hybridized carbons (Fsp3) is 0.652. The Hall–Kier alpha value is -2.28. The van der Waals surface area contributed by atoms with Crippen molar-refractivity contribution < 1.29 is 14.7 Å². The summed E-state index contributed by atoms with van der Waals surface area (Å²) in [6.45, 7) is 3.15. The topological polar surface area (TPSA) is 84.9 Å². The molecule has 0 aromatic heterocycles. The molecule has 4 bridgehead atoms. The number of hydrogen-bond donors (Lipinski definition) is 3. The van der Waals surface area contributed by atoms with Crippen LogP contribution in [0.15, 0.2) is 24.3 Å². The highest BCUT2D eigenvalue weighted by molar-refractivity contribution is 5.95. The lowest BCUT2D eigenvalue weighted by Gasteiger charge is -2.56. The quantitative estimate of drug-likeness (QED) is 0.707. The van der Waals surface area contributed by atoms with Crippen LogP contribution in [0.25, 0.3) is 0 Å². The normalized spacial score (nSPS) is 32.8. The monoisotopic (exact) mass is 412 g/mol. The van der Waals surface area contributed by atoms with E-state index in [-0.39, 0.29) is 29.8 Å². The first kappa shape index (κ1) is 19.7. The first-order valence-electron chi connectivity index (χ1n) is 11.4. The van der Waals surface area contributed by atoms with E-state index in [2.05, 4.69) is 20.4 Å². The molecule has 4 saturated carbocycles. The third kappa shape index (κ3) is 4.00. The number of aromatic hydroxyl groups is 1. The van der Waals surface area contributed by atoms with Crippen LogP contribution in [0, 0.1) is 17.8 Å². The van der Waals surface area contributed by atoms with Crippen molar-refractivity contribution in [2.75, 3.05) is 37.6 Å². The zero-order chi connectivity index (χ0) is 20.7. The Balaban J connectivity index is 1.09. The van der Waals surface area contributed by atoms with Crippen LogP contribution in [0.5, 0.6) is 5.75 Å². The number of hydrogen-bond acceptors (Lipinski definition) is 5. The summed E-state index contributed by atoms with van der Waals surface area (Å²) in [4.78, 5) is 29.2. The number of phenols is 1. The molecule has 1 heterocycles. The van der Waals surface area contributed by atoms with Crippen LogP contribution in [0.1, 0.15) is 38.5 Å². The number of imide groups is 1. The predicted octanol–water partition coefficient (Wildman–Crippen LogP) is 2.31. The summed E-state index contributed by atoms with van der Waals surface area (Å²) in [7, 11) is 0. The maximum atomic E-state index is 12.6. The Kier molecular flexibility index (Phi) is 5.09. The van der Waals surface area contributed by atoms with Gasteiger partial charge in [-0.05, 0) is 68.4 Å². The number of phenolic OH excluding ortho intramolecular Hbond substituents is 1. The second-order valence-electron chi connectivity index (χ2n) is 9.95. The van der Waals surface area contributed by atoms with Crippen LogP contribution in [-0.4, -0.2) is 60.2 Å². The summed E-state index contributed by atoms with van der Waals surface area (Å²) in [5, 5.41) is 15.8. The number of amides is 3. The first-order chi connectivity index (χ1) is 14.5. The van der Waals surface area contributed by atoms with E-state index >= 15 is 0 Å². The van der Waals surface area contributed by atoms with Gasteiger partial charge >= 0.3 is 6.03 Å². The number of anilines is 1. The smallest absolute Gasteiger partial charge is 0.321 e. The van der Waals surface area contributed by atoms with Gasteiger partial charge in [-0.15, -0.1) is 0 Å². The van der Waals surface area contributed by atoms with Crippen molar-refractivity contribution >= 4 is 17.6 Å². The predicted molar refractivity (Wildman–Crippen MR) is 114 cm³/mol. The lowest BCUT2D eigenvalue weighted by Crippen LogP contribution is -2.62. The molecule has 5 fully saturated rings. The van der Waals surface area contributed by atoms with Crippen LogP contribution >= 0.6 is 0 Å². The molecule has 7 nitrogen and oxygen atoms in total. The van der Waals surface area contributed by atoms with E-state index in [1.54, 1.807) is 6.07 Å². The molecule has 0 atom stereocenters. The molecule has 7 heteroatoms. The van der Waals surface area contributed by atoms with Crippen LogP contribution < -0.4 is 15.5 Å². The van der Waals surface area contributed by atoms with Gasteiger partial charge in [-0.3, -0.25) is 15.0 Å². The third-order valence-corrected chi connectivity index (χ3v) is 7.63. The van der Waals surface area contributed by atoms with Gasteiger partial charge in [-0.2, -0.15) is 0 Å². The van der Waals surface area contributed by atoms with Crippen LogP contribution in [0.3, 0.4) is 0 Å². The molecule has 1 aromatic carbocycles. The second kappa shape index (κ2) is 7.76. The van der Waals surface area contributed by atoms with Crippen LogP contribution in [0.2, 0.25) is 0 Å². The van der Waals surface area contributed by atoms with Crippen molar-refractivity contribution in [1.82, 2.24) is 15.5 Å². The van der Waals surface area contributed by atoms with E-state index in [1.165, 1.54) is 19.3 Å². The Labute approximate surface area is 177 Å². The van der Waals surface area contributed by atoms with Crippen LogP contribution in [0.4, 0.5) is 10.5 Å². The highest BCUT2D eigenvalue weighted by Gasteiger charge is 2.51. The van der Waals surface area contributed by atoms with Gasteiger partial charge in [-0.25, -0.2) is 4.79 Å². The number of urea groups is 1. The number of rotatable bonds is 4. The van der Waals surface area contributed by atoms with Gasteiger partial charge in [0, 0.05) is 31.7 Å². The Morgan fingerprint density at radius 2 is 1.57 bits per heavy atom. The minimum atomic E-state index is -0.324. The molecule has 1 aromatic rings. The van der Waals surface area contributed by atoms with Crippen molar-refractivity contribution in [1.29, 1.82) is 0 Å². The number of piperazine rings is 1. The van der Waals surface area contributed by atoms with Gasteiger partial charge < -0.3 is 15.3 Å². The number of carbonyl (C=O) groups excluding carboxylic acids is 2. The zero-order valence-corrected chi connectivity index (χ0v) is 17.5. The molecule has 0 radical (unpaired) electrons. The lowest BCUT2D eigenvalue weighted by molar-refractivity contribution is -0.121. The summed E-state index contributed by atoms with van der Waals surface area (Å²) < 4.78 is 0. The van der Waals surface area contributed by atoms with Gasteiger partial charge in [0.25, 0.3) is 0 Å². The van der Waals surface area contributed by atoms with Gasteiger partial charge in [0.15, 0.2) is 0 Å². The van der Waals surface area contributed by atoms with E-state index in [4.69, 9.17) is 0 Å². The maximum Gasteiger partial charge on any atom is 0.321 e. The number of nitrogens with one attached hydrogen (secondary N) is 2. The molecule has 3 amide bonds. The molecule has 3 N–H and O–H groups in total. The number of nitrogens with zero attached hydrogens (tertiary/aromatic N) is 2. The molecule has 1 aliphatic heterocycles. The standard InChI is InChI=1S/C23H32N4O3/c28-20-4-2-1-3-19(20)27-7-5-26(6-8-27)15-21(29)24-22(30)25-23-12-16-9-17(13-23)11-18(10-16)14-23/h1-4,16-18,28H,5-15H2,(H2,24,25,29,30). The van der Waals surface area contributed by atoms with E-state index < -0.39 is 0 Å². The average Bonchev–Trinajstić information content (AvgIpc) is 2.67. The fourth-order valence-electron chi connectivity index (χ4n) is 6.78. The Morgan fingerprint density at radius 3 is 2.17 bits per heavy atom. The van der Waals surface area contributed by atoms with E-state index in [0.29, 0.717) is 0 Å². The number of carbonyl (C=O) groups is 2. The summed E-state index contributed by atoms with van der Waals surface area (Å²) in [6, 6.07) is 7.00. The molecule has 0 spiro atoms. The highest BCUT2D eigenvalue weighted by atomic mass is 16.3. The number of benzene rings is 1. The largest absolute Gasteiger partial charge is 0.506 e. The second-order valence-corrected chi connectivity index (χ2v) is 9.95. The molecule has 0 unspecified atom stereocenters. The molecule has 5 aliphatic rings. The maximum absolute atomic E-state index is 12.6. The summed E-state index contributed by atoms with van der Waals surface area (Å²) >= 11 is 0. The van der Waals surface area contributed by atoms with Gasteiger partial charge in [0.1, 0.15) is 5.75 Å². The SMILES string of the molecule is O=C(CN1CCN(c2ccccc2O)CC1)NC(=O)NC12CC3CC(CC(C3)C1)C2. The molecule has 162 valence electrons. The van der Waals surface area contributed by atoms with E-state index in [1.807, 2.05) is 18.2 Å². The van der Waals surface area contributed by atoms with E-state index in [0.717, 1.165) is 68.9 Å². The molecule has 6 rings (SSSR count). The Morgan fingerprint density at radius 1 is 0.967 bits per heavy atom. The zero-order valence-electron chi connectivity index (χ0n) is 17.5. The van der Waals surface area contributed by atoms with Crippen molar-refractivity contribution in [3.8, 4) is 5.75 Å².